The standard InChI is InChI=1S/C26H26ClN7O/c1-26(2)12-11-23(35)33(3)21-10-9-17(15-18(21)26)30-25-28-16-19(27)24(32-25)31-20-7-4-5-8-22(20)34-14-6-13-29-34/h4-10,13-16H,11-12H2,1-3H3,(H2,28,30,31,32). The molecular formula is C26H26ClN7O. The minimum Gasteiger partial charge on any atom is -0.337 e. The van der Waals surface area contributed by atoms with Gasteiger partial charge >= 0.3 is 0 Å². The highest BCUT2D eigenvalue weighted by Crippen LogP contribution is 2.40. The number of fused-ring (bicyclic) bond motifs is 1. The maximum absolute atomic E-state index is 12.4. The van der Waals surface area contributed by atoms with Crippen LogP contribution in [-0.4, -0.2) is 32.7 Å². The molecule has 178 valence electrons. The molecule has 2 aromatic carbocycles. The Labute approximate surface area is 209 Å². The molecule has 2 aromatic heterocycles. The van der Waals surface area contributed by atoms with Crippen LogP contribution in [-0.2, 0) is 10.2 Å². The van der Waals surface area contributed by atoms with Crippen molar-refractivity contribution in [2.24, 2.45) is 0 Å². The summed E-state index contributed by atoms with van der Waals surface area (Å²) in [7, 11) is 1.83. The second kappa shape index (κ2) is 9.03. The van der Waals surface area contributed by atoms with Gasteiger partial charge in [0.15, 0.2) is 5.82 Å². The van der Waals surface area contributed by atoms with Crippen molar-refractivity contribution in [2.45, 2.75) is 32.1 Å². The predicted octanol–water partition coefficient (Wildman–Crippen LogP) is 5.84. The lowest BCUT2D eigenvalue weighted by molar-refractivity contribution is -0.118. The molecule has 0 fully saturated rings. The largest absolute Gasteiger partial charge is 0.337 e. The van der Waals surface area contributed by atoms with Gasteiger partial charge in [-0.3, -0.25) is 4.79 Å². The van der Waals surface area contributed by atoms with E-state index in [-0.39, 0.29) is 11.3 Å². The van der Waals surface area contributed by atoms with Crippen molar-refractivity contribution >= 4 is 46.3 Å². The molecule has 1 aliphatic rings. The monoisotopic (exact) mass is 487 g/mol. The highest BCUT2D eigenvalue weighted by Gasteiger charge is 2.31. The van der Waals surface area contributed by atoms with Gasteiger partial charge in [0.1, 0.15) is 5.02 Å². The first kappa shape index (κ1) is 22.9. The van der Waals surface area contributed by atoms with Crippen molar-refractivity contribution in [1.82, 2.24) is 19.7 Å². The van der Waals surface area contributed by atoms with Crippen LogP contribution in [0.3, 0.4) is 0 Å². The molecule has 8 nitrogen and oxygen atoms in total. The first-order chi connectivity index (χ1) is 16.8. The molecule has 1 aliphatic heterocycles. The smallest absolute Gasteiger partial charge is 0.229 e. The van der Waals surface area contributed by atoms with E-state index in [0.29, 0.717) is 23.2 Å². The van der Waals surface area contributed by atoms with Crippen LogP contribution in [0.5, 0.6) is 0 Å². The SMILES string of the molecule is CN1C(=O)CCC(C)(C)c2cc(Nc3ncc(Cl)c(Nc4ccccc4-n4cccn4)n3)ccc21. The van der Waals surface area contributed by atoms with Gasteiger partial charge < -0.3 is 15.5 Å². The lowest BCUT2D eigenvalue weighted by Gasteiger charge is -2.27. The number of aromatic nitrogens is 4. The van der Waals surface area contributed by atoms with Crippen molar-refractivity contribution < 1.29 is 4.79 Å². The number of benzene rings is 2. The number of hydrogen-bond donors (Lipinski definition) is 2. The Morgan fingerprint density at radius 1 is 1.06 bits per heavy atom. The Hall–Kier alpha value is -3.91. The van der Waals surface area contributed by atoms with E-state index in [0.717, 1.165) is 34.7 Å². The van der Waals surface area contributed by atoms with Crippen LogP contribution in [0.15, 0.2) is 67.1 Å². The van der Waals surface area contributed by atoms with Gasteiger partial charge in [-0.1, -0.05) is 37.6 Å². The molecule has 2 N–H and O–H groups in total. The third-order valence-electron chi connectivity index (χ3n) is 6.33. The van der Waals surface area contributed by atoms with E-state index in [1.54, 1.807) is 22.0 Å². The fourth-order valence-corrected chi connectivity index (χ4v) is 4.40. The molecule has 5 rings (SSSR count). The molecule has 4 aromatic rings. The van der Waals surface area contributed by atoms with E-state index in [1.165, 1.54) is 0 Å². The van der Waals surface area contributed by atoms with Gasteiger partial charge in [-0.2, -0.15) is 10.1 Å². The maximum atomic E-state index is 12.4. The second-order valence-electron chi connectivity index (χ2n) is 9.18. The minimum absolute atomic E-state index is 0.129. The Morgan fingerprint density at radius 2 is 1.89 bits per heavy atom. The summed E-state index contributed by atoms with van der Waals surface area (Å²) >= 11 is 6.43. The van der Waals surface area contributed by atoms with E-state index in [2.05, 4.69) is 45.6 Å². The maximum Gasteiger partial charge on any atom is 0.229 e. The average molecular weight is 488 g/mol. The van der Waals surface area contributed by atoms with Crippen LogP contribution < -0.4 is 15.5 Å². The number of nitrogens with zero attached hydrogens (tertiary/aromatic N) is 5. The number of anilines is 5. The highest BCUT2D eigenvalue weighted by molar-refractivity contribution is 6.33. The summed E-state index contributed by atoms with van der Waals surface area (Å²) in [5.74, 6) is 1.01. The number of para-hydroxylation sites is 2. The number of carbonyl (C=O) groups excluding carboxylic acids is 1. The lowest BCUT2D eigenvalue weighted by Crippen LogP contribution is -2.25. The highest BCUT2D eigenvalue weighted by atomic mass is 35.5. The number of nitrogens with one attached hydrogen (secondary N) is 2. The normalized spacial score (nSPS) is 14.9. The van der Waals surface area contributed by atoms with Crippen LogP contribution in [0.1, 0.15) is 32.3 Å². The Morgan fingerprint density at radius 3 is 2.69 bits per heavy atom. The third kappa shape index (κ3) is 4.57. The Bertz CT molecular complexity index is 1380. The summed E-state index contributed by atoms with van der Waals surface area (Å²) in [5.41, 5.74) is 4.41. The zero-order chi connectivity index (χ0) is 24.6. The molecule has 3 heterocycles. The minimum atomic E-state index is -0.142. The molecule has 0 saturated heterocycles. The van der Waals surface area contributed by atoms with Gasteiger partial charge in [0.2, 0.25) is 11.9 Å². The molecular weight excluding hydrogens is 462 g/mol. The first-order valence-electron chi connectivity index (χ1n) is 11.4. The number of amides is 1. The van der Waals surface area contributed by atoms with Crippen molar-refractivity contribution in [1.29, 1.82) is 0 Å². The third-order valence-corrected chi connectivity index (χ3v) is 6.61. The number of halogens is 1. The predicted molar refractivity (Wildman–Crippen MR) is 139 cm³/mol. The number of hydrogen-bond acceptors (Lipinski definition) is 6. The average Bonchev–Trinajstić information content (AvgIpc) is 3.37. The molecule has 0 saturated carbocycles. The quantitative estimate of drug-likeness (QED) is 0.368. The van der Waals surface area contributed by atoms with Crippen molar-refractivity contribution in [2.75, 3.05) is 22.6 Å². The van der Waals surface area contributed by atoms with E-state index < -0.39 is 0 Å². The Balaban J connectivity index is 1.44. The Kier molecular flexibility index (Phi) is 5.90. The van der Waals surface area contributed by atoms with Gasteiger partial charge in [0.25, 0.3) is 0 Å². The van der Waals surface area contributed by atoms with Gasteiger partial charge in [-0.05, 0) is 53.8 Å². The molecule has 0 atom stereocenters. The summed E-state index contributed by atoms with van der Waals surface area (Å²) in [4.78, 5) is 23.2. The van der Waals surface area contributed by atoms with Gasteiger partial charge in [-0.15, -0.1) is 0 Å². The molecule has 0 spiro atoms. The number of rotatable bonds is 5. The molecule has 9 heteroatoms. The van der Waals surface area contributed by atoms with Crippen molar-refractivity contribution in [3.63, 3.8) is 0 Å². The number of carbonyl (C=O) groups is 1. The molecule has 35 heavy (non-hydrogen) atoms. The summed E-state index contributed by atoms with van der Waals surface area (Å²) in [5, 5.41) is 11.3. The molecule has 0 aliphatic carbocycles. The first-order valence-corrected chi connectivity index (χ1v) is 11.8. The van der Waals surface area contributed by atoms with Crippen LogP contribution >= 0.6 is 11.6 Å². The fraction of sp³-hybridized carbons (Fsp3) is 0.231. The van der Waals surface area contributed by atoms with E-state index in [1.807, 2.05) is 55.7 Å². The summed E-state index contributed by atoms with van der Waals surface area (Å²) in [6, 6.07) is 15.6. The van der Waals surface area contributed by atoms with Crippen LogP contribution in [0, 0.1) is 0 Å². The van der Waals surface area contributed by atoms with Crippen LogP contribution in [0.4, 0.5) is 28.8 Å². The molecule has 1 amide bonds. The molecule has 0 unspecified atom stereocenters. The topological polar surface area (TPSA) is 88.0 Å². The van der Waals surface area contributed by atoms with Crippen molar-refractivity contribution in [3.8, 4) is 5.69 Å². The van der Waals surface area contributed by atoms with Crippen LogP contribution in [0.25, 0.3) is 5.69 Å². The molecule has 0 bridgehead atoms. The summed E-state index contributed by atoms with van der Waals surface area (Å²) < 4.78 is 1.77. The summed E-state index contributed by atoms with van der Waals surface area (Å²) in [6.07, 6.45) is 6.48. The van der Waals surface area contributed by atoms with Crippen LogP contribution in [0.2, 0.25) is 5.02 Å². The van der Waals surface area contributed by atoms with Gasteiger partial charge in [0.05, 0.1) is 17.6 Å². The fourth-order valence-electron chi connectivity index (χ4n) is 4.27. The van der Waals surface area contributed by atoms with Crippen molar-refractivity contribution in [3.05, 3.63) is 77.7 Å². The molecule has 0 radical (unpaired) electrons. The summed E-state index contributed by atoms with van der Waals surface area (Å²) in [6.45, 7) is 4.33. The van der Waals surface area contributed by atoms with Gasteiger partial charge in [0, 0.05) is 37.2 Å². The lowest BCUT2D eigenvalue weighted by atomic mass is 9.80. The second-order valence-corrected chi connectivity index (χ2v) is 9.58. The zero-order valence-electron chi connectivity index (χ0n) is 19.8. The van der Waals surface area contributed by atoms with E-state index in [9.17, 15) is 4.79 Å². The zero-order valence-corrected chi connectivity index (χ0v) is 20.5. The van der Waals surface area contributed by atoms with E-state index in [4.69, 9.17) is 11.6 Å². The van der Waals surface area contributed by atoms with Gasteiger partial charge in [-0.25, -0.2) is 9.67 Å². The van der Waals surface area contributed by atoms with E-state index >= 15 is 0 Å².